The van der Waals surface area contributed by atoms with Gasteiger partial charge in [-0.25, -0.2) is 0 Å². The first-order valence-electron chi connectivity index (χ1n) is 7.83. The van der Waals surface area contributed by atoms with E-state index in [1.165, 1.54) is 12.0 Å². The maximum absolute atomic E-state index is 12.0. The third kappa shape index (κ3) is 3.60. The molecule has 0 bridgehead atoms. The number of rotatable bonds is 7. The van der Waals surface area contributed by atoms with Crippen LogP contribution in [0.4, 0.5) is 0 Å². The van der Waals surface area contributed by atoms with E-state index >= 15 is 0 Å². The van der Waals surface area contributed by atoms with Crippen LogP contribution in [0.15, 0.2) is 30.3 Å². The fraction of sp³-hybridized carbons (Fsp3) is 0.588. The molecule has 0 heterocycles. The minimum absolute atomic E-state index is 0.240. The van der Waals surface area contributed by atoms with Gasteiger partial charge in [-0.1, -0.05) is 50.6 Å². The summed E-state index contributed by atoms with van der Waals surface area (Å²) >= 11 is 0. The van der Waals surface area contributed by atoms with Crippen LogP contribution >= 0.6 is 0 Å². The van der Waals surface area contributed by atoms with Crippen LogP contribution in [0, 0.1) is 5.92 Å². The first-order chi connectivity index (χ1) is 9.76. The quantitative estimate of drug-likeness (QED) is 0.829. The highest BCUT2D eigenvalue weighted by atomic mass is 16.1. The molecule has 3 nitrogen and oxygen atoms in total. The van der Waals surface area contributed by atoms with Gasteiger partial charge in [0.05, 0.1) is 6.04 Å². The molecule has 1 atom stereocenters. The Balaban J connectivity index is 2.00. The zero-order valence-electron chi connectivity index (χ0n) is 12.6. The molecule has 1 aromatic rings. The molecule has 0 aliphatic heterocycles. The lowest BCUT2D eigenvalue weighted by atomic mass is 9.85. The maximum Gasteiger partial charge on any atom is 0.223 e. The van der Waals surface area contributed by atoms with E-state index in [-0.39, 0.29) is 17.9 Å². The Morgan fingerprint density at radius 3 is 2.40 bits per heavy atom. The SMILES string of the molecule is CCN(CC)C(CNC(=O)C1CCC1)c1ccccc1. The monoisotopic (exact) mass is 274 g/mol. The predicted octanol–water partition coefficient (Wildman–Crippen LogP) is 2.99. The zero-order chi connectivity index (χ0) is 14.4. The second kappa shape index (κ2) is 7.44. The Labute approximate surface area is 122 Å². The first kappa shape index (κ1) is 15.0. The van der Waals surface area contributed by atoms with Crippen LogP contribution < -0.4 is 5.32 Å². The highest BCUT2D eigenvalue weighted by Crippen LogP contribution is 2.26. The van der Waals surface area contributed by atoms with Crippen molar-refractivity contribution < 1.29 is 4.79 Å². The molecule has 0 saturated heterocycles. The number of amides is 1. The van der Waals surface area contributed by atoms with Crippen LogP contribution in [0.1, 0.15) is 44.7 Å². The Bertz CT molecular complexity index is 410. The lowest BCUT2D eigenvalue weighted by Gasteiger charge is -2.31. The van der Waals surface area contributed by atoms with Gasteiger partial charge in [-0.3, -0.25) is 9.69 Å². The molecule has 2 rings (SSSR count). The van der Waals surface area contributed by atoms with Crippen molar-refractivity contribution in [2.45, 2.75) is 39.2 Å². The van der Waals surface area contributed by atoms with E-state index in [4.69, 9.17) is 0 Å². The number of carbonyl (C=O) groups is 1. The van der Waals surface area contributed by atoms with Crippen molar-refractivity contribution in [1.82, 2.24) is 10.2 Å². The van der Waals surface area contributed by atoms with Crippen LogP contribution in [0.3, 0.4) is 0 Å². The third-order valence-corrected chi connectivity index (χ3v) is 4.38. The molecule has 20 heavy (non-hydrogen) atoms. The van der Waals surface area contributed by atoms with Crippen LogP contribution in [0.5, 0.6) is 0 Å². The van der Waals surface area contributed by atoms with Crippen LogP contribution in [0.2, 0.25) is 0 Å². The Kier molecular flexibility index (Phi) is 5.60. The van der Waals surface area contributed by atoms with Gasteiger partial charge in [0, 0.05) is 12.5 Å². The van der Waals surface area contributed by atoms with Crippen LogP contribution in [0.25, 0.3) is 0 Å². The second-order valence-corrected chi connectivity index (χ2v) is 5.52. The fourth-order valence-electron chi connectivity index (χ4n) is 2.81. The third-order valence-electron chi connectivity index (χ3n) is 4.38. The van der Waals surface area contributed by atoms with E-state index in [9.17, 15) is 4.79 Å². The molecule has 1 saturated carbocycles. The normalized spacial score (nSPS) is 16.8. The van der Waals surface area contributed by atoms with Crippen molar-refractivity contribution in [3.63, 3.8) is 0 Å². The van der Waals surface area contributed by atoms with Crippen molar-refractivity contribution in [3.05, 3.63) is 35.9 Å². The molecule has 0 radical (unpaired) electrons. The van der Waals surface area contributed by atoms with Crippen LogP contribution in [-0.2, 0) is 4.79 Å². The van der Waals surface area contributed by atoms with Gasteiger partial charge in [0.25, 0.3) is 0 Å². The van der Waals surface area contributed by atoms with E-state index < -0.39 is 0 Å². The molecule has 110 valence electrons. The summed E-state index contributed by atoms with van der Waals surface area (Å²) in [6, 6.07) is 10.8. The summed E-state index contributed by atoms with van der Waals surface area (Å²) in [5.74, 6) is 0.507. The summed E-state index contributed by atoms with van der Waals surface area (Å²) < 4.78 is 0. The molecule has 1 N–H and O–H groups in total. The predicted molar refractivity (Wildman–Crippen MR) is 82.5 cm³/mol. The van der Waals surface area contributed by atoms with Crippen molar-refractivity contribution in [1.29, 1.82) is 0 Å². The number of likely N-dealkylation sites (N-methyl/N-ethyl adjacent to an activating group) is 1. The minimum atomic E-state index is 0.240. The van der Waals surface area contributed by atoms with Crippen LogP contribution in [-0.4, -0.2) is 30.4 Å². The van der Waals surface area contributed by atoms with E-state index in [1.54, 1.807) is 0 Å². The number of carbonyl (C=O) groups excluding carboxylic acids is 1. The fourth-order valence-corrected chi connectivity index (χ4v) is 2.81. The number of nitrogens with one attached hydrogen (secondary N) is 1. The largest absolute Gasteiger partial charge is 0.354 e. The van der Waals surface area contributed by atoms with Crippen molar-refractivity contribution in [2.24, 2.45) is 5.92 Å². The molecule has 1 unspecified atom stereocenters. The Hall–Kier alpha value is -1.35. The molecule has 0 aromatic heterocycles. The van der Waals surface area contributed by atoms with Crippen molar-refractivity contribution >= 4 is 5.91 Å². The molecule has 1 aromatic carbocycles. The smallest absolute Gasteiger partial charge is 0.223 e. The zero-order valence-corrected chi connectivity index (χ0v) is 12.6. The summed E-state index contributed by atoms with van der Waals surface area (Å²) in [6.45, 7) is 7.05. The van der Waals surface area contributed by atoms with E-state index in [0.29, 0.717) is 6.54 Å². The highest BCUT2D eigenvalue weighted by molar-refractivity contribution is 5.79. The average molecular weight is 274 g/mol. The molecule has 0 spiro atoms. The molecule has 1 aliphatic carbocycles. The second-order valence-electron chi connectivity index (χ2n) is 5.52. The average Bonchev–Trinajstić information content (AvgIpc) is 2.42. The van der Waals surface area contributed by atoms with Gasteiger partial charge in [0.2, 0.25) is 5.91 Å². The molecule has 1 aliphatic rings. The molecule has 1 fully saturated rings. The first-order valence-corrected chi connectivity index (χ1v) is 7.83. The summed E-state index contributed by atoms with van der Waals surface area (Å²) in [4.78, 5) is 14.4. The molecular weight excluding hydrogens is 248 g/mol. The Morgan fingerprint density at radius 2 is 1.90 bits per heavy atom. The number of nitrogens with zero attached hydrogens (tertiary/aromatic N) is 1. The highest BCUT2D eigenvalue weighted by Gasteiger charge is 2.26. The van der Waals surface area contributed by atoms with E-state index in [0.717, 1.165) is 25.9 Å². The molecule has 3 heteroatoms. The van der Waals surface area contributed by atoms with Gasteiger partial charge in [-0.2, -0.15) is 0 Å². The van der Waals surface area contributed by atoms with Gasteiger partial charge < -0.3 is 5.32 Å². The lowest BCUT2D eigenvalue weighted by molar-refractivity contribution is -0.127. The van der Waals surface area contributed by atoms with Gasteiger partial charge in [0.1, 0.15) is 0 Å². The Morgan fingerprint density at radius 1 is 1.25 bits per heavy atom. The summed E-state index contributed by atoms with van der Waals surface area (Å²) in [5, 5.41) is 3.15. The summed E-state index contributed by atoms with van der Waals surface area (Å²) in [6.07, 6.45) is 3.33. The number of hydrogen-bond donors (Lipinski definition) is 1. The maximum atomic E-state index is 12.0. The minimum Gasteiger partial charge on any atom is -0.354 e. The number of benzene rings is 1. The van der Waals surface area contributed by atoms with E-state index in [1.807, 2.05) is 6.07 Å². The van der Waals surface area contributed by atoms with Crippen molar-refractivity contribution in [2.75, 3.05) is 19.6 Å². The van der Waals surface area contributed by atoms with E-state index in [2.05, 4.69) is 48.3 Å². The van der Waals surface area contributed by atoms with Gasteiger partial charge in [0.15, 0.2) is 0 Å². The van der Waals surface area contributed by atoms with Crippen molar-refractivity contribution in [3.8, 4) is 0 Å². The molecule has 1 amide bonds. The lowest BCUT2D eigenvalue weighted by Crippen LogP contribution is -2.41. The van der Waals surface area contributed by atoms with Gasteiger partial charge in [-0.15, -0.1) is 0 Å². The number of hydrogen-bond acceptors (Lipinski definition) is 2. The molecular formula is C17H26N2O. The van der Waals surface area contributed by atoms with Gasteiger partial charge >= 0.3 is 0 Å². The topological polar surface area (TPSA) is 32.3 Å². The summed E-state index contributed by atoms with van der Waals surface area (Å²) in [7, 11) is 0. The standard InChI is InChI=1S/C17H26N2O/c1-3-19(4-2)16(14-9-6-5-7-10-14)13-18-17(20)15-11-8-12-15/h5-7,9-10,15-16H,3-4,8,11-13H2,1-2H3,(H,18,20). The van der Waals surface area contributed by atoms with Gasteiger partial charge in [-0.05, 0) is 31.5 Å². The summed E-state index contributed by atoms with van der Waals surface area (Å²) in [5.41, 5.74) is 1.28.